The molecule has 2 aliphatic rings. The van der Waals surface area contributed by atoms with Crippen molar-refractivity contribution in [3.8, 4) is 0 Å². The van der Waals surface area contributed by atoms with Crippen LogP contribution in [0.25, 0.3) is 0 Å². The lowest BCUT2D eigenvalue weighted by Gasteiger charge is -2.58. The fourth-order valence-electron chi connectivity index (χ4n) is 4.14. The van der Waals surface area contributed by atoms with Gasteiger partial charge in [0.1, 0.15) is 0 Å². The molecule has 2 saturated carbocycles. The van der Waals surface area contributed by atoms with Crippen LogP contribution < -0.4 is 5.32 Å². The number of hydrogen-bond donors (Lipinski definition) is 1. The van der Waals surface area contributed by atoms with Crippen molar-refractivity contribution in [1.29, 1.82) is 0 Å². The predicted octanol–water partition coefficient (Wildman–Crippen LogP) is 2.28. The van der Waals surface area contributed by atoms with Crippen LogP contribution in [0.4, 0.5) is 0 Å². The van der Waals surface area contributed by atoms with E-state index in [2.05, 4.69) is 24.2 Å². The van der Waals surface area contributed by atoms with Gasteiger partial charge in [-0.2, -0.15) is 0 Å². The Balaban J connectivity index is 1.75. The van der Waals surface area contributed by atoms with Gasteiger partial charge in [-0.1, -0.05) is 19.3 Å². The molecule has 0 aromatic rings. The molecule has 0 amide bonds. The molecule has 0 heterocycles. The van der Waals surface area contributed by atoms with Gasteiger partial charge in [-0.3, -0.25) is 0 Å². The minimum atomic E-state index is 0.444. The zero-order valence-electron chi connectivity index (χ0n) is 14.2. The van der Waals surface area contributed by atoms with Gasteiger partial charge in [0.2, 0.25) is 0 Å². The summed E-state index contributed by atoms with van der Waals surface area (Å²) in [5, 5.41) is 3.81. The van der Waals surface area contributed by atoms with Crippen LogP contribution in [0, 0.1) is 5.41 Å². The summed E-state index contributed by atoms with van der Waals surface area (Å²) in [5.74, 6) is 0. The zero-order valence-corrected chi connectivity index (χ0v) is 14.2. The van der Waals surface area contributed by atoms with Gasteiger partial charge in [-0.05, 0) is 33.2 Å². The molecule has 2 aliphatic carbocycles. The topological polar surface area (TPSA) is 33.7 Å². The highest BCUT2D eigenvalue weighted by Gasteiger charge is 2.55. The molecule has 0 aromatic heterocycles. The summed E-state index contributed by atoms with van der Waals surface area (Å²) < 4.78 is 11.1. The molecule has 21 heavy (non-hydrogen) atoms. The fraction of sp³-hybridized carbons (Fsp3) is 1.00. The van der Waals surface area contributed by atoms with Gasteiger partial charge in [0.15, 0.2) is 0 Å². The smallest absolute Gasteiger partial charge is 0.0661 e. The molecule has 4 heteroatoms. The SMILES string of the molecule is CCOC1CC(NCCN(C)CCOC)C12CCCCC2. The Labute approximate surface area is 130 Å². The van der Waals surface area contributed by atoms with Crippen LogP contribution >= 0.6 is 0 Å². The molecule has 0 aromatic carbocycles. The monoisotopic (exact) mass is 298 g/mol. The van der Waals surface area contributed by atoms with Crippen molar-refractivity contribution in [2.75, 3.05) is 47.0 Å². The highest BCUT2D eigenvalue weighted by Crippen LogP contribution is 2.53. The largest absolute Gasteiger partial charge is 0.383 e. The lowest BCUT2D eigenvalue weighted by Crippen LogP contribution is -2.65. The lowest BCUT2D eigenvalue weighted by atomic mass is 9.55. The van der Waals surface area contributed by atoms with E-state index < -0.39 is 0 Å². The van der Waals surface area contributed by atoms with Crippen molar-refractivity contribution in [2.45, 2.75) is 57.6 Å². The summed E-state index contributed by atoms with van der Waals surface area (Å²) in [6.07, 6.45) is 8.60. The minimum Gasteiger partial charge on any atom is -0.383 e. The molecular weight excluding hydrogens is 264 g/mol. The summed E-state index contributed by atoms with van der Waals surface area (Å²) in [4.78, 5) is 2.34. The normalized spacial score (nSPS) is 28.0. The number of ether oxygens (including phenoxy) is 2. The van der Waals surface area contributed by atoms with Crippen molar-refractivity contribution in [2.24, 2.45) is 5.41 Å². The molecule has 124 valence electrons. The maximum atomic E-state index is 6.01. The quantitative estimate of drug-likeness (QED) is 0.708. The summed E-state index contributed by atoms with van der Waals surface area (Å²) >= 11 is 0. The molecule has 2 fully saturated rings. The Kier molecular flexibility index (Phi) is 6.93. The van der Waals surface area contributed by atoms with Crippen LogP contribution in [0.2, 0.25) is 0 Å². The Morgan fingerprint density at radius 2 is 1.95 bits per heavy atom. The highest BCUT2D eigenvalue weighted by atomic mass is 16.5. The summed E-state index contributed by atoms with van der Waals surface area (Å²) in [7, 11) is 3.93. The second-order valence-corrected chi connectivity index (χ2v) is 6.78. The molecule has 0 radical (unpaired) electrons. The first-order valence-corrected chi connectivity index (χ1v) is 8.75. The number of methoxy groups -OCH3 is 1. The molecule has 2 atom stereocenters. The first-order chi connectivity index (χ1) is 10.2. The van der Waals surface area contributed by atoms with Gasteiger partial charge in [0.25, 0.3) is 0 Å². The Bertz CT molecular complexity index is 293. The zero-order chi connectivity index (χ0) is 15.1. The molecule has 0 bridgehead atoms. The Morgan fingerprint density at radius 3 is 2.62 bits per heavy atom. The number of hydrogen-bond acceptors (Lipinski definition) is 4. The molecule has 2 rings (SSSR count). The van der Waals surface area contributed by atoms with E-state index in [-0.39, 0.29) is 0 Å². The first kappa shape index (κ1) is 17.2. The number of nitrogens with one attached hydrogen (secondary N) is 1. The third-order valence-electron chi connectivity index (χ3n) is 5.50. The van der Waals surface area contributed by atoms with Gasteiger partial charge in [-0.25, -0.2) is 0 Å². The van der Waals surface area contributed by atoms with Crippen molar-refractivity contribution in [3.05, 3.63) is 0 Å². The second-order valence-electron chi connectivity index (χ2n) is 6.78. The third-order valence-corrected chi connectivity index (χ3v) is 5.50. The highest BCUT2D eigenvalue weighted by molar-refractivity contribution is 5.08. The van der Waals surface area contributed by atoms with Crippen molar-refractivity contribution in [3.63, 3.8) is 0 Å². The lowest BCUT2D eigenvalue weighted by molar-refractivity contribution is -0.150. The molecule has 1 spiro atoms. The van der Waals surface area contributed by atoms with Crippen LogP contribution in [0.3, 0.4) is 0 Å². The van der Waals surface area contributed by atoms with E-state index in [1.807, 2.05) is 0 Å². The van der Waals surface area contributed by atoms with Crippen molar-refractivity contribution in [1.82, 2.24) is 10.2 Å². The van der Waals surface area contributed by atoms with Crippen LogP contribution in [-0.4, -0.2) is 64.1 Å². The predicted molar refractivity (Wildman–Crippen MR) is 86.7 cm³/mol. The minimum absolute atomic E-state index is 0.444. The molecule has 2 unspecified atom stereocenters. The van der Waals surface area contributed by atoms with E-state index in [4.69, 9.17) is 9.47 Å². The van der Waals surface area contributed by atoms with Crippen LogP contribution in [-0.2, 0) is 9.47 Å². The van der Waals surface area contributed by atoms with E-state index in [0.29, 0.717) is 17.6 Å². The van der Waals surface area contributed by atoms with Gasteiger partial charge in [-0.15, -0.1) is 0 Å². The summed E-state index contributed by atoms with van der Waals surface area (Å²) in [6, 6.07) is 0.671. The maximum absolute atomic E-state index is 6.01. The van der Waals surface area contributed by atoms with Crippen LogP contribution in [0.5, 0.6) is 0 Å². The number of rotatable bonds is 9. The maximum Gasteiger partial charge on any atom is 0.0661 e. The van der Waals surface area contributed by atoms with Gasteiger partial charge in [0.05, 0.1) is 12.7 Å². The van der Waals surface area contributed by atoms with Gasteiger partial charge in [0, 0.05) is 44.8 Å². The van der Waals surface area contributed by atoms with E-state index in [0.717, 1.165) is 32.8 Å². The average Bonchev–Trinajstić information content (AvgIpc) is 2.52. The molecule has 0 aliphatic heterocycles. The fourth-order valence-corrected chi connectivity index (χ4v) is 4.14. The van der Waals surface area contributed by atoms with Crippen LogP contribution in [0.15, 0.2) is 0 Å². The number of nitrogens with zero attached hydrogens (tertiary/aromatic N) is 1. The van der Waals surface area contributed by atoms with Crippen LogP contribution in [0.1, 0.15) is 45.4 Å². The van der Waals surface area contributed by atoms with Gasteiger partial charge < -0.3 is 19.7 Å². The van der Waals surface area contributed by atoms with Crippen molar-refractivity contribution >= 4 is 0 Å². The van der Waals surface area contributed by atoms with E-state index >= 15 is 0 Å². The van der Waals surface area contributed by atoms with E-state index in [9.17, 15) is 0 Å². The van der Waals surface area contributed by atoms with Crippen molar-refractivity contribution < 1.29 is 9.47 Å². The van der Waals surface area contributed by atoms with E-state index in [1.165, 1.54) is 38.5 Å². The molecule has 1 N–H and O–H groups in total. The Morgan fingerprint density at radius 1 is 1.19 bits per heavy atom. The second kappa shape index (κ2) is 8.47. The third kappa shape index (κ3) is 4.19. The Hall–Kier alpha value is -0.160. The summed E-state index contributed by atoms with van der Waals surface area (Å²) in [5.41, 5.74) is 0.444. The molecule has 0 saturated heterocycles. The summed E-state index contributed by atoms with van der Waals surface area (Å²) in [6.45, 7) is 6.98. The molecular formula is C17H34N2O2. The first-order valence-electron chi connectivity index (χ1n) is 8.75. The van der Waals surface area contributed by atoms with Gasteiger partial charge >= 0.3 is 0 Å². The number of likely N-dealkylation sites (N-methyl/N-ethyl adjacent to an activating group) is 1. The van der Waals surface area contributed by atoms with E-state index in [1.54, 1.807) is 7.11 Å². The molecule has 4 nitrogen and oxygen atoms in total. The standard InChI is InChI=1S/C17H34N2O2/c1-4-21-16-14-15(17(16)8-6-5-7-9-17)18-10-11-19(2)12-13-20-3/h15-16,18H,4-14H2,1-3H3. The average molecular weight is 298 g/mol.